The van der Waals surface area contributed by atoms with Gasteiger partial charge in [-0.1, -0.05) is 27.7 Å². The van der Waals surface area contributed by atoms with Gasteiger partial charge in [0.05, 0.1) is 0 Å². The van der Waals surface area contributed by atoms with E-state index in [0.717, 1.165) is 12.5 Å². The second-order valence-electron chi connectivity index (χ2n) is 6.34. The zero-order valence-corrected chi connectivity index (χ0v) is 9.69. The highest BCUT2D eigenvalue weighted by atomic mass is 14.6. The Bertz CT molecular complexity index is 152. The average molecular weight is 183 g/mol. The molecule has 0 aromatic rings. The summed E-state index contributed by atoms with van der Waals surface area (Å²) in [5.74, 6) is 0.743. The first kappa shape index (κ1) is 11.0. The molecule has 0 heterocycles. The topological polar surface area (TPSA) is 26.0 Å². The summed E-state index contributed by atoms with van der Waals surface area (Å²) in [5, 5.41) is 0. The van der Waals surface area contributed by atoms with E-state index in [2.05, 4.69) is 27.7 Å². The Hall–Kier alpha value is -0.0400. The Kier molecular flexibility index (Phi) is 3.06. The van der Waals surface area contributed by atoms with E-state index in [4.69, 9.17) is 5.73 Å². The largest absolute Gasteiger partial charge is 0.330 e. The lowest BCUT2D eigenvalue weighted by Gasteiger charge is -2.25. The molecule has 1 saturated carbocycles. The Labute approximate surface area is 83.1 Å². The van der Waals surface area contributed by atoms with Gasteiger partial charge in [0.25, 0.3) is 0 Å². The monoisotopic (exact) mass is 183 g/mol. The molecule has 0 aromatic heterocycles. The Morgan fingerprint density at radius 2 is 1.38 bits per heavy atom. The van der Waals surface area contributed by atoms with E-state index >= 15 is 0 Å². The molecule has 1 nitrogen and oxygen atoms in total. The van der Waals surface area contributed by atoms with Gasteiger partial charge in [-0.25, -0.2) is 0 Å². The van der Waals surface area contributed by atoms with Crippen LogP contribution in [0.25, 0.3) is 0 Å². The number of nitrogens with two attached hydrogens (primary N) is 1. The van der Waals surface area contributed by atoms with Gasteiger partial charge in [-0.15, -0.1) is 0 Å². The summed E-state index contributed by atoms with van der Waals surface area (Å²) in [4.78, 5) is 0. The van der Waals surface area contributed by atoms with E-state index < -0.39 is 0 Å². The number of rotatable bonds is 1. The molecule has 0 aliphatic heterocycles. The first-order chi connectivity index (χ1) is 5.85. The molecule has 0 unspecified atom stereocenters. The fourth-order valence-corrected chi connectivity index (χ4v) is 2.68. The Morgan fingerprint density at radius 3 is 1.69 bits per heavy atom. The van der Waals surface area contributed by atoms with Gasteiger partial charge in [-0.2, -0.15) is 0 Å². The third kappa shape index (κ3) is 3.30. The number of hydrogen-bond acceptors (Lipinski definition) is 1. The first-order valence-corrected chi connectivity index (χ1v) is 5.55. The van der Waals surface area contributed by atoms with Gasteiger partial charge in [0.2, 0.25) is 0 Å². The lowest BCUT2D eigenvalue weighted by molar-refractivity contribution is 0.267. The van der Waals surface area contributed by atoms with Crippen LogP contribution in [0.1, 0.15) is 53.4 Å². The molecule has 13 heavy (non-hydrogen) atoms. The fraction of sp³-hybridized carbons (Fsp3) is 1.00. The Balaban J connectivity index is 2.69. The van der Waals surface area contributed by atoms with Crippen LogP contribution in [0.4, 0.5) is 0 Å². The molecule has 1 aliphatic rings. The molecular formula is C12H25N. The van der Waals surface area contributed by atoms with Gasteiger partial charge >= 0.3 is 0 Å². The molecule has 0 radical (unpaired) electrons. The summed E-state index contributed by atoms with van der Waals surface area (Å²) >= 11 is 0. The molecule has 0 aromatic carbocycles. The maximum absolute atomic E-state index is 5.81. The molecule has 78 valence electrons. The summed E-state index contributed by atoms with van der Waals surface area (Å²) in [6.45, 7) is 10.4. The molecule has 2 N–H and O–H groups in total. The second-order valence-corrected chi connectivity index (χ2v) is 6.34. The van der Waals surface area contributed by atoms with E-state index in [1.54, 1.807) is 0 Å². The maximum Gasteiger partial charge on any atom is -0.00485 e. The van der Waals surface area contributed by atoms with Crippen LogP contribution in [0.15, 0.2) is 0 Å². The predicted octanol–water partition coefficient (Wildman–Crippen LogP) is 3.19. The van der Waals surface area contributed by atoms with Crippen molar-refractivity contribution in [2.24, 2.45) is 22.5 Å². The Morgan fingerprint density at radius 1 is 1.00 bits per heavy atom. The van der Waals surface area contributed by atoms with Gasteiger partial charge in [0.1, 0.15) is 0 Å². The second kappa shape index (κ2) is 3.61. The average Bonchev–Trinajstić information content (AvgIpc) is 2.08. The third-order valence-corrected chi connectivity index (χ3v) is 3.49. The van der Waals surface area contributed by atoms with Crippen molar-refractivity contribution in [3.8, 4) is 0 Å². The molecule has 0 amide bonds. The van der Waals surface area contributed by atoms with Crippen LogP contribution in [0.3, 0.4) is 0 Å². The van der Waals surface area contributed by atoms with Crippen molar-refractivity contribution in [3.05, 3.63) is 0 Å². The summed E-state index contributed by atoms with van der Waals surface area (Å²) in [5.41, 5.74) is 6.84. The highest BCUT2D eigenvalue weighted by molar-refractivity contribution is 4.85. The summed E-state index contributed by atoms with van der Waals surface area (Å²) in [7, 11) is 0. The highest BCUT2D eigenvalue weighted by Crippen LogP contribution is 2.44. The van der Waals surface area contributed by atoms with Crippen LogP contribution in [-0.4, -0.2) is 6.54 Å². The fourth-order valence-electron chi connectivity index (χ4n) is 2.68. The third-order valence-electron chi connectivity index (χ3n) is 3.49. The van der Waals surface area contributed by atoms with E-state index in [0.29, 0.717) is 10.8 Å². The first-order valence-electron chi connectivity index (χ1n) is 5.55. The van der Waals surface area contributed by atoms with Crippen molar-refractivity contribution in [1.29, 1.82) is 0 Å². The van der Waals surface area contributed by atoms with E-state index in [9.17, 15) is 0 Å². The molecule has 1 fully saturated rings. The predicted molar refractivity (Wildman–Crippen MR) is 58.6 cm³/mol. The minimum Gasteiger partial charge on any atom is -0.330 e. The SMILES string of the molecule is CC1(C)CCC(C)(C)CC(CN)C1. The van der Waals surface area contributed by atoms with Crippen molar-refractivity contribution < 1.29 is 0 Å². The molecule has 1 heteroatoms. The van der Waals surface area contributed by atoms with Crippen molar-refractivity contribution >= 4 is 0 Å². The highest BCUT2D eigenvalue weighted by Gasteiger charge is 2.33. The summed E-state index contributed by atoms with van der Waals surface area (Å²) in [6, 6.07) is 0. The molecule has 0 saturated heterocycles. The lowest BCUT2D eigenvalue weighted by atomic mass is 9.81. The van der Waals surface area contributed by atoms with Crippen molar-refractivity contribution in [1.82, 2.24) is 0 Å². The molecular weight excluding hydrogens is 158 g/mol. The van der Waals surface area contributed by atoms with Crippen LogP contribution >= 0.6 is 0 Å². The van der Waals surface area contributed by atoms with Gasteiger partial charge < -0.3 is 5.73 Å². The molecule has 0 spiro atoms. The standard InChI is InChI=1S/C12H25N/c1-11(2)5-6-12(3,4)8-10(7-11)9-13/h10H,5-9,13H2,1-4H3. The van der Waals surface area contributed by atoms with Crippen LogP contribution in [0, 0.1) is 16.7 Å². The number of hydrogen-bond donors (Lipinski definition) is 1. The minimum absolute atomic E-state index is 0.512. The van der Waals surface area contributed by atoms with Gasteiger partial charge in [0, 0.05) is 0 Å². The van der Waals surface area contributed by atoms with E-state index in [-0.39, 0.29) is 0 Å². The molecule has 1 rings (SSSR count). The zero-order valence-electron chi connectivity index (χ0n) is 9.69. The van der Waals surface area contributed by atoms with E-state index in [1.807, 2.05) is 0 Å². The normalized spacial score (nSPS) is 28.4. The van der Waals surface area contributed by atoms with Crippen LogP contribution in [-0.2, 0) is 0 Å². The molecule has 0 bridgehead atoms. The van der Waals surface area contributed by atoms with Gasteiger partial charge in [-0.3, -0.25) is 0 Å². The minimum atomic E-state index is 0.512. The summed E-state index contributed by atoms with van der Waals surface area (Å²) < 4.78 is 0. The maximum atomic E-state index is 5.81. The van der Waals surface area contributed by atoms with Gasteiger partial charge in [-0.05, 0) is 49.0 Å². The quantitative estimate of drug-likeness (QED) is 0.621. The van der Waals surface area contributed by atoms with Crippen LogP contribution in [0.2, 0.25) is 0 Å². The van der Waals surface area contributed by atoms with Crippen molar-refractivity contribution in [2.45, 2.75) is 53.4 Å². The smallest absolute Gasteiger partial charge is 0.00485 e. The van der Waals surface area contributed by atoms with Crippen molar-refractivity contribution in [3.63, 3.8) is 0 Å². The van der Waals surface area contributed by atoms with Crippen molar-refractivity contribution in [2.75, 3.05) is 6.54 Å². The molecule has 0 atom stereocenters. The molecule has 1 aliphatic carbocycles. The lowest BCUT2D eigenvalue weighted by Crippen LogP contribution is -2.22. The van der Waals surface area contributed by atoms with E-state index in [1.165, 1.54) is 25.7 Å². The zero-order chi connectivity index (χ0) is 10.1. The summed E-state index contributed by atoms with van der Waals surface area (Å²) in [6.07, 6.45) is 5.34. The van der Waals surface area contributed by atoms with Crippen LogP contribution < -0.4 is 5.73 Å². The van der Waals surface area contributed by atoms with Gasteiger partial charge in [0.15, 0.2) is 0 Å². The van der Waals surface area contributed by atoms with Crippen LogP contribution in [0.5, 0.6) is 0 Å².